The smallest absolute Gasteiger partial charge is 0.311 e. The Morgan fingerprint density at radius 1 is 0.659 bits per heavy atom. The molecule has 6 nitrogen and oxygen atoms in total. The zero-order chi connectivity index (χ0) is 30.4. The van der Waals surface area contributed by atoms with E-state index in [4.69, 9.17) is 13.0 Å². The topological polar surface area (TPSA) is 70.8 Å². The maximum Gasteiger partial charge on any atom is 0.311 e. The summed E-state index contributed by atoms with van der Waals surface area (Å²) in [6, 6.07) is 15.8. The minimum absolute atomic E-state index is 0.104. The van der Waals surface area contributed by atoms with Gasteiger partial charge in [0.25, 0.3) is 5.69 Å². The standard InChI is InChI=1S/C32H53NO5Si3/c1-39(2,3)37-41(6,7)38-40(4,5)28-16-14-12-10-8-9-11-13-15-27-36-32-25-21-30(22-26-32)18-17-29-19-23-31(24-20-29)33(34)35/h17-26H,8-16,27-28H2,1-7H3/b18-17+. The fourth-order valence-electron chi connectivity index (χ4n) is 5.13. The number of ether oxygens (including phenoxy) is 1. The molecule has 2 aromatic rings. The van der Waals surface area contributed by atoms with E-state index in [9.17, 15) is 10.1 Å². The lowest BCUT2D eigenvalue weighted by atomic mass is 10.1. The molecule has 0 unspecified atom stereocenters. The molecule has 0 bridgehead atoms. The van der Waals surface area contributed by atoms with Crippen molar-refractivity contribution in [1.82, 2.24) is 0 Å². The van der Waals surface area contributed by atoms with E-state index in [-0.39, 0.29) is 10.6 Å². The van der Waals surface area contributed by atoms with E-state index in [2.05, 4.69) is 45.8 Å². The number of nitro groups is 1. The van der Waals surface area contributed by atoms with Gasteiger partial charge in [0.05, 0.1) is 11.5 Å². The molecule has 2 aromatic carbocycles. The van der Waals surface area contributed by atoms with Crippen molar-refractivity contribution in [3.8, 4) is 5.75 Å². The van der Waals surface area contributed by atoms with E-state index in [0.717, 1.165) is 29.9 Å². The minimum Gasteiger partial charge on any atom is -0.494 e. The molecule has 0 radical (unpaired) electrons. The van der Waals surface area contributed by atoms with E-state index in [1.54, 1.807) is 12.1 Å². The second-order valence-electron chi connectivity index (χ2n) is 13.0. The largest absolute Gasteiger partial charge is 0.494 e. The molecule has 0 saturated heterocycles. The van der Waals surface area contributed by atoms with Gasteiger partial charge in [-0.05, 0) is 93.7 Å². The fourth-order valence-corrected chi connectivity index (χ4v) is 18.4. The number of nitro benzene ring substituents is 1. The first-order valence-corrected chi connectivity index (χ1v) is 24.6. The summed E-state index contributed by atoms with van der Waals surface area (Å²) < 4.78 is 18.9. The van der Waals surface area contributed by atoms with Gasteiger partial charge in [0, 0.05) is 12.1 Å². The van der Waals surface area contributed by atoms with Gasteiger partial charge in [0.15, 0.2) is 16.6 Å². The van der Waals surface area contributed by atoms with Crippen LogP contribution in [0.5, 0.6) is 5.75 Å². The molecule has 0 amide bonds. The van der Waals surface area contributed by atoms with Gasteiger partial charge < -0.3 is 13.0 Å². The molecule has 41 heavy (non-hydrogen) atoms. The number of rotatable bonds is 20. The van der Waals surface area contributed by atoms with Gasteiger partial charge in [-0.15, -0.1) is 0 Å². The molecule has 0 atom stereocenters. The van der Waals surface area contributed by atoms with Gasteiger partial charge in [0.2, 0.25) is 0 Å². The quantitative estimate of drug-likeness (QED) is 0.0487. The first-order chi connectivity index (χ1) is 19.2. The summed E-state index contributed by atoms with van der Waals surface area (Å²) in [6.07, 6.45) is 15.4. The highest BCUT2D eigenvalue weighted by molar-refractivity contribution is 6.87. The Hall–Kier alpha value is -2.05. The summed E-state index contributed by atoms with van der Waals surface area (Å²) in [6.45, 7) is 16.7. The predicted octanol–water partition coefficient (Wildman–Crippen LogP) is 10.4. The van der Waals surface area contributed by atoms with E-state index in [1.807, 2.05) is 36.4 Å². The maximum absolute atomic E-state index is 10.8. The van der Waals surface area contributed by atoms with Gasteiger partial charge in [0.1, 0.15) is 5.75 Å². The third-order valence-corrected chi connectivity index (χ3v) is 16.9. The van der Waals surface area contributed by atoms with Crippen molar-refractivity contribution in [2.45, 2.75) is 110 Å². The van der Waals surface area contributed by atoms with Crippen LogP contribution in [0.25, 0.3) is 12.2 Å². The average Bonchev–Trinajstić information content (AvgIpc) is 2.86. The summed E-state index contributed by atoms with van der Waals surface area (Å²) in [4.78, 5) is 10.4. The van der Waals surface area contributed by atoms with Crippen molar-refractivity contribution in [2.24, 2.45) is 0 Å². The third kappa shape index (κ3) is 16.2. The number of non-ortho nitro benzene ring substituents is 1. The van der Waals surface area contributed by atoms with Crippen LogP contribution in [0.2, 0.25) is 51.9 Å². The molecule has 0 spiro atoms. The highest BCUT2D eigenvalue weighted by Crippen LogP contribution is 2.25. The predicted molar refractivity (Wildman–Crippen MR) is 181 cm³/mol. The molecule has 0 fully saturated rings. The van der Waals surface area contributed by atoms with Crippen LogP contribution in [-0.2, 0) is 8.23 Å². The molecule has 0 heterocycles. The number of benzene rings is 2. The fraction of sp³-hybridized carbons (Fsp3) is 0.562. The first-order valence-electron chi connectivity index (χ1n) is 15.3. The van der Waals surface area contributed by atoms with Crippen LogP contribution in [-0.4, -0.2) is 36.7 Å². The van der Waals surface area contributed by atoms with Crippen molar-refractivity contribution in [2.75, 3.05) is 6.61 Å². The van der Waals surface area contributed by atoms with E-state index in [1.165, 1.54) is 69.5 Å². The lowest BCUT2D eigenvalue weighted by Crippen LogP contribution is -2.51. The summed E-state index contributed by atoms with van der Waals surface area (Å²) in [5, 5.41) is 10.8. The second kappa shape index (κ2) is 17.2. The van der Waals surface area contributed by atoms with E-state index >= 15 is 0 Å². The van der Waals surface area contributed by atoms with Crippen LogP contribution < -0.4 is 4.74 Å². The number of hydrogen-bond donors (Lipinski definition) is 0. The van der Waals surface area contributed by atoms with Crippen molar-refractivity contribution in [3.05, 3.63) is 69.8 Å². The average molecular weight is 616 g/mol. The molecular formula is C32H53NO5Si3. The van der Waals surface area contributed by atoms with Gasteiger partial charge >= 0.3 is 8.56 Å². The zero-order valence-corrected chi connectivity index (χ0v) is 29.5. The van der Waals surface area contributed by atoms with Crippen LogP contribution in [0.1, 0.15) is 68.9 Å². The van der Waals surface area contributed by atoms with Crippen molar-refractivity contribution < 1.29 is 17.9 Å². The Bertz CT molecular complexity index is 1060. The van der Waals surface area contributed by atoms with Gasteiger partial charge in [-0.3, -0.25) is 10.1 Å². The third-order valence-electron chi connectivity index (χ3n) is 6.72. The molecule has 0 saturated carbocycles. The van der Waals surface area contributed by atoms with Gasteiger partial charge in [-0.1, -0.05) is 75.7 Å². The molecule has 2 rings (SSSR count). The highest BCUT2D eigenvalue weighted by Gasteiger charge is 2.37. The van der Waals surface area contributed by atoms with Crippen LogP contribution >= 0.6 is 0 Å². The van der Waals surface area contributed by atoms with Crippen molar-refractivity contribution >= 4 is 43.0 Å². The highest BCUT2D eigenvalue weighted by atomic mass is 28.5. The molecule has 0 N–H and O–H groups in total. The Balaban J connectivity index is 1.49. The maximum atomic E-state index is 10.8. The van der Waals surface area contributed by atoms with Crippen LogP contribution in [0.3, 0.4) is 0 Å². The molecular weight excluding hydrogens is 563 g/mol. The van der Waals surface area contributed by atoms with Crippen LogP contribution in [0, 0.1) is 10.1 Å². The Morgan fingerprint density at radius 3 is 1.61 bits per heavy atom. The normalized spacial score (nSPS) is 12.7. The Kier molecular flexibility index (Phi) is 14.7. The molecule has 0 aliphatic carbocycles. The van der Waals surface area contributed by atoms with Gasteiger partial charge in [-0.2, -0.15) is 0 Å². The zero-order valence-electron chi connectivity index (χ0n) is 26.5. The molecule has 9 heteroatoms. The summed E-state index contributed by atoms with van der Waals surface area (Å²) in [7, 11) is -5.23. The van der Waals surface area contributed by atoms with Crippen LogP contribution in [0.15, 0.2) is 48.5 Å². The number of nitrogens with zero attached hydrogens (tertiary/aromatic N) is 1. The lowest BCUT2D eigenvalue weighted by molar-refractivity contribution is -0.384. The first kappa shape index (κ1) is 35.1. The van der Waals surface area contributed by atoms with Crippen LogP contribution in [0.4, 0.5) is 5.69 Å². The Morgan fingerprint density at radius 2 is 1.12 bits per heavy atom. The van der Waals surface area contributed by atoms with Gasteiger partial charge in [-0.25, -0.2) is 0 Å². The van der Waals surface area contributed by atoms with E-state index in [0.29, 0.717) is 0 Å². The molecule has 0 aliphatic rings. The molecule has 0 aromatic heterocycles. The monoisotopic (exact) mass is 615 g/mol. The second-order valence-corrected chi connectivity index (χ2v) is 25.7. The molecule has 228 valence electrons. The van der Waals surface area contributed by atoms with E-state index < -0.39 is 25.2 Å². The summed E-state index contributed by atoms with van der Waals surface area (Å²) >= 11 is 0. The summed E-state index contributed by atoms with van der Waals surface area (Å²) in [5.41, 5.74) is 2.09. The van der Waals surface area contributed by atoms with Crippen molar-refractivity contribution in [1.29, 1.82) is 0 Å². The summed E-state index contributed by atoms with van der Waals surface area (Å²) in [5.74, 6) is 0.892. The van der Waals surface area contributed by atoms with Crippen molar-refractivity contribution in [3.63, 3.8) is 0 Å². The lowest BCUT2D eigenvalue weighted by Gasteiger charge is -2.37. The Labute approximate surface area is 252 Å². The molecule has 0 aliphatic heterocycles. The number of hydrogen-bond acceptors (Lipinski definition) is 5. The number of unbranched alkanes of at least 4 members (excludes halogenated alkanes) is 8. The minimum atomic E-state index is -2.02. The SMILES string of the molecule is C[Si](C)(C)O[Si](C)(C)O[Si](C)(C)CCCCCCCCCCCOc1ccc(/C=C/c2ccc([N+](=O)[O-])cc2)cc1.